The maximum Gasteiger partial charge on any atom is 0.265 e. The van der Waals surface area contributed by atoms with Crippen LogP contribution in [0.5, 0.6) is 11.5 Å². The molecule has 1 heterocycles. The van der Waals surface area contributed by atoms with Crippen molar-refractivity contribution in [2.75, 3.05) is 6.61 Å². The topological polar surface area (TPSA) is 107 Å². The summed E-state index contributed by atoms with van der Waals surface area (Å²) in [5, 5.41) is 22.3. The molecule has 0 saturated heterocycles. The lowest BCUT2D eigenvalue weighted by Gasteiger charge is -2.23. The molecule has 0 aliphatic rings. The van der Waals surface area contributed by atoms with E-state index in [1.807, 2.05) is 67.6 Å². The Balaban J connectivity index is 1.48. The summed E-state index contributed by atoms with van der Waals surface area (Å²) in [6.07, 6.45) is 2.21. The third kappa shape index (κ3) is 6.98. The molecule has 0 saturated carbocycles. The smallest absolute Gasteiger partial charge is 0.265 e. The van der Waals surface area contributed by atoms with Gasteiger partial charge in [-0.2, -0.15) is 5.26 Å². The van der Waals surface area contributed by atoms with Gasteiger partial charge >= 0.3 is 0 Å². The number of benzene rings is 2. The summed E-state index contributed by atoms with van der Waals surface area (Å²) in [6, 6.07) is 20.6. The monoisotopic (exact) mass is 433 g/mol. The van der Waals surface area contributed by atoms with Gasteiger partial charge in [-0.15, -0.1) is 0 Å². The molecule has 3 rings (SSSR count). The number of para-hydroxylation sites is 1. The van der Waals surface area contributed by atoms with Crippen LogP contribution in [0, 0.1) is 11.3 Å². The summed E-state index contributed by atoms with van der Waals surface area (Å²) in [5.41, 5.74) is 1.59. The number of aromatic nitrogens is 1. The van der Waals surface area contributed by atoms with Crippen LogP contribution in [0.2, 0.25) is 0 Å². The highest BCUT2D eigenvalue weighted by Gasteiger charge is 2.13. The third-order valence-electron chi connectivity index (χ3n) is 4.85. The average Bonchev–Trinajstić information content (AvgIpc) is 2.81. The lowest BCUT2D eigenvalue weighted by molar-refractivity contribution is 0.0409. The van der Waals surface area contributed by atoms with Crippen molar-refractivity contribution in [3.63, 3.8) is 0 Å². The summed E-state index contributed by atoms with van der Waals surface area (Å²) in [7, 11) is 0. The van der Waals surface area contributed by atoms with Crippen molar-refractivity contribution < 1.29 is 14.6 Å². The second-order valence-corrected chi connectivity index (χ2v) is 7.33. The summed E-state index contributed by atoms with van der Waals surface area (Å²) in [6.45, 7) is 2.36. The molecule has 0 bridgehead atoms. The van der Waals surface area contributed by atoms with Gasteiger partial charge in [0.05, 0.1) is 6.61 Å². The fraction of sp³-hybridized carbons (Fsp3) is 0.280. The van der Waals surface area contributed by atoms with Gasteiger partial charge < -0.3 is 19.6 Å². The van der Waals surface area contributed by atoms with E-state index in [1.165, 1.54) is 0 Å². The number of aromatic amines is 1. The number of hydrogen-bond donors (Lipinski definition) is 3. The molecule has 2 aromatic carbocycles. The number of aliphatic hydroxyl groups is 1. The lowest BCUT2D eigenvalue weighted by Crippen LogP contribution is -2.42. The number of hydrogen-bond acceptors (Lipinski definition) is 6. The Bertz CT molecular complexity index is 1070. The van der Waals surface area contributed by atoms with E-state index < -0.39 is 6.23 Å². The fourth-order valence-electron chi connectivity index (χ4n) is 3.14. The Hall–Kier alpha value is -3.60. The molecule has 0 spiro atoms. The maximum absolute atomic E-state index is 11.5. The van der Waals surface area contributed by atoms with Gasteiger partial charge in [0.1, 0.15) is 29.4 Å². The van der Waals surface area contributed by atoms with Crippen LogP contribution in [-0.4, -0.2) is 29.2 Å². The van der Waals surface area contributed by atoms with E-state index in [9.17, 15) is 9.90 Å². The predicted octanol–water partition coefficient (Wildman–Crippen LogP) is 3.33. The van der Waals surface area contributed by atoms with Crippen LogP contribution in [0.15, 0.2) is 71.7 Å². The van der Waals surface area contributed by atoms with Gasteiger partial charge in [-0.1, -0.05) is 37.3 Å². The molecule has 0 radical (unpaired) electrons. The van der Waals surface area contributed by atoms with Gasteiger partial charge in [0.15, 0.2) is 6.23 Å². The first kappa shape index (κ1) is 23.1. The quantitative estimate of drug-likeness (QED) is 0.401. The highest BCUT2D eigenvalue weighted by Crippen LogP contribution is 2.17. The summed E-state index contributed by atoms with van der Waals surface area (Å²) in [5.74, 6) is 1.45. The van der Waals surface area contributed by atoms with Crippen LogP contribution >= 0.6 is 0 Å². The zero-order valence-corrected chi connectivity index (χ0v) is 18.0. The van der Waals surface area contributed by atoms with E-state index in [2.05, 4.69) is 10.3 Å². The average molecular weight is 434 g/mol. The van der Waals surface area contributed by atoms with Crippen molar-refractivity contribution in [3.8, 4) is 17.6 Å². The standard InChI is InChI=1S/C25H27N3O4/c1-2-24(28-23(29)12-13-31-21-6-4-3-5-7-21)32-22-10-8-18(9-11-22)14-19-15-20(16-26)25(30)27-17-19/h3-11,15,17,23-24,28-29H,2,12-14H2,1H3,(H,27,30)/t23-,24?/m0/s1. The van der Waals surface area contributed by atoms with Crippen LogP contribution in [0.25, 0.3) is 0 Å². The molecule has 3 aromatic rings. The van der Waals surface area contributed by atoms with Crippen molar-refractivity contribution in [1.82, 2.24) is 10.3 Å². The van der Waals surface area contributed by atoms with Crippen LogP contribution in [0.3, 0.4) is 0 Å². The second kappa shape index (κ2) is 11.7. The number of rotatable bonds is 11. The SMILES string of the molecule is CCC(N[C@@H](O)CCOc1ccccc1)Oc1ccc(Cc2c[nH]c(=O)c(C#N)c2)cc1. The van der Waals surface area contributed by atoms with Gasteiger partial charge in [0.2, 0.25) is 0 Å². The number of aliphatic hydroxyl groups excluding tert-OH is 1. The second-order valence-electron chi connectivity index (χ2n) is 7.33. The minimum absolute atomic E-state index is 0.104. The Morgan fingerprint density at radius 1 is 1.09 bits per heavy atom. The lowest BCUT2D eigenvalue weighted by atomic mass is 10.1. The van der Waals surface area contributed by atoms with E-state index in [1.54, 1.807) is 12.3 Å². The highest BCUT2D eigenvalue weighted by molar-refractivity contribution is 5.34. The minimum Gasteiger partial charge on any atom is -0.493 e. The largest absolute Gasteiger partial charge is 0.493 e. The van der Waals surface area contributed by atoms with Gasteiger partial charge in [0, 0.05) is 12.6 Å². The maximum atomic E-state index is 11.5. The Morgan fingerprint density at radius 3 is 2.53 bits per heavy atom. The number of H-pyrrole nitrogens is 1. The Kier molecular flexibility index (Phi) is 8.44. The Morgan fingerprint density at radius 2 is 1.84 bits per heavy atom. The molecule has 7 nitrogen and oxygen atoms in total. The molecule has 1 aromatic heterocycles. The van der Waals surface area contributed by atoms with Crippen molar-refractivity contribution in [2.45, 2.75) is 38.6 Å². The minimum atomic E-state index is -0.752. The first-order chi connectivity index (χ1) is 15.6. The van der Waals surface area contributed by atoms with E-state index in [-0.39, 0.29) is 17.4 Å². The molecule has 166 valence electrons. The number of nitrogens with zero attached hydrogens (tertiary/aromatic N) is 1. The summed E-state index contributed by atoms with van der Waals surface area (Å²) < 4.78 is 11.6. The van der Waals surface area contributed by atoms with Gasteiger partial charge in [-0.05, 0) is 54.3 Å². The number of nitrogens with one attached hydrogen (secondary N) is 2. The van der Waals surface area contributed by atoms with Crippen LogP contribution < -0.4 is 20.3 Å². The molecule has 1 unspecified atom stereocenters. The first-order valence-electron chi connectivity index (χ1n) is 10.6. The summed E-state index contributed by atoms with van der Waals surface area (Å²) in [4.78, 5) is 14.1. The third-order valence-corrected chi connectivity index (χ3v) is 4.85. The normalized spacial score (nSPS) is 12.5. The predicted molar refractivity (Wildman–Crippen MR) is 121 cm³/mol. The van der Waals surface area contributed by atoms with E-state index in [0.717, 1.165) is 16.9 Å². The summed E-state index contributed by atoms with van der Waals surface area (Å²) >= 11 is 0. The number of nitriles is 1. The molecule has 32 heavy (non-hydrogen) atoms. The van der Waals surface area contributed by atoms with Crippen molar-refractivity contribution >= 4 is 0 Å². The molecule has 0 amide bonds. The van der Waals surface area contributed by atoms with Gasteiger partial charge in [0.25, 0.3) is 5.56 Å². The van der Waals surface area contributed by atoms with Crippen molar-refractivity contribution in [1.29, 1.82) is 5.26 Å². The molecule has 7 heteroatoms. The zero-order valence-electron chi connectivity index (χ0n) is 18.0. The van der Waals surface area contributed by atoms with E-state index in [4.69, 9.17) is 14.7 Å². The zero-order chi connectivity index (χ0) is 22.8. The Labute approximate surface area is 187 Å². The molecule has 0 aliphatic heterocycles. The van der Waals surface area contributed by atoms with E-state index >= 15 is 0 Å². The van der Waals surface area contributed by atoms with Crippen LogP contribution in [-0.2, 0) is 6.42 Å². The number of ether oxygens (including phenoxy) is 2. The van der Waals surface area contributed by atoms with Crippen molar-refractivity contribution in [2.24, 2.45) is 0 Å². The van der Waals surface area contributed by atoms with Crippen molar-refractivity contribution in [3.05, 3.63) is 93.9 Å². The molecule has 0 aliphatic carbocycles. The van der Waals surface area contributed by atoms with E-state index in [0.29, 0.717) is 31.6 Å². The fourth-order valence-corrected chi connectivity index (χ4v) is 3.14. The van der Waals surface area contributed by atoms with Gasteiger partial charge in [-0.25, -0.2) is 0 Å². The highest BCUT2D eigenvalue weighted by atomic mass is 16.5. The number of pyridine rings is 1. The van der Waals surface area contributed by atoms with Gasteiger partial charge in [-0.3, -0.25) is 10.1 Å². The molecular formula is C25H27N3O4. The first-order valence-corrected chi connectivity index (χ1v) is 10.6. The van der Waals surface area contributed by atoms with Crippen LogP contribution in [0.4, 0.5) is 0 Å². The molecule has 3 N–H and O–H groups in total. The molecule has 2 atom stereocenters. The van der Waals surface area contributed by atoms with Crippen LogP contribution in [0.1, 0.15) is 36.5 Å². The molecular weight excluding hydrogens is 406 g/mol. The molecule has 0 fully saturated rings.